The monoisotopic (exact) mass is 403 g/mol. The smallest absolute Gasteiger partial charge is 0.132 e. The summed E-state index contributed by atoms with van der Waals surface area (Å²) >= 11 is 5.97. The molecule has 0 bridgehead atoms. The molecule has 0 amide bonds. The maximum Gasteiger partial charge on any atom is 0.132 e. The van der Waals surface area contributed by atoms with Crippen molar-refractivity contribution in [2.24, 2.45) is 0 Å². The Labute approximate surface area is 166 Å². The molecule has 3 aromatic rings. The second-order valence-electron chi connectivity index (χ2n) is 5.90. The van der Waals surface area contributed by atoms with Crippen molar-refractivity contribution in [1.82, 2.24) is 10.2 Å². The van der Waals surface area contributed by atoms with Crippen LogP contribution in [0.15, 0.2) is 42.5 Å². The Hall–Kier alpha value is -2.90. The van der Waals surface area contributed by atoms with E-state index in [0.29, 0.717) is 40.1 Å². The lowest BCUT2D eigenvalue weighted by Crippen LogP contribution is -2.07. The van der Waals surface area contributed by atoms with Gasteiger partial charge in [-0.2, -0.15) is 5.10 Å². The summed E-state index contributed by atoms with van der Waals surface area (Å²) in [7, 11) is 3.16. The molecule has 28 heavy (non-hydrogen) atoms. The van der Waals surface area contributed by atoms with Gasteiger partial charge in [0.1, 0.15) is 23.0 Å². The molecule has 0 unspecified atom stereocenters. The van der Waals surface area contributed by atoms with Crippen LogP contribution in [0.1, 0.15) is 11.3 Å². The third-order valence-electron chi connectivity index (χ3n) is 4.19. The van der Waals surface area contributed by atoms with E-state index < -0.39 is 5.82 Å². The first-order valence-electron chi connectivity index (χ1n) is 8.43. The fourth-order valence-corrected chi connectivity index (χ4v) is 2.87. The predicted octanol–water partition coefficient (Wildman–Crippen LogP) is 4.06. The summed E-state index contributed by atoms with van der Waals surface area (Å²) in [4.78, 5) is 0. The minimum atomic E-state index is -0.460. The normalized spacial score (nSPS) is 10.6. The van der Waals surface area contributed by atoms with Gasteiger partial charge >= 0.3 is 0 Å². The number of methoxy groups -OCH3 is 2. The van der Waals surface area contributed by atoms with Gasteiger partial charge < -0.3 is 19.9 Å². The summed E-state index contributed by atoms with van der Waals surface area (Å²) in [6, 6.07) is 11.3. The first kappa shape index (κ1) is 19.9. The van der Waals surface area contributed by atoms with Gasteiger partial charge in [-0.25, -0.2) is 4.39 Å². The first-order valence-corrected chi connectivity index (χ1v) is 8.81. The molecular formula is C20H19ClFN3O3. The Morgan fingerprint density at radius 1 is 1.07 bits per heavy atom. The van der Waals surface area contributed by atoms with Crippen LogP contribution in [0.3, 0.4) is 0 Å². The van der Waals surface area contributed by atoms with Crippen LogP contribution in [0.4, 0.5) is 10.1 Å². The van der Waals surface area contributed by atoms with Crippen LogP contribution < -0.4 is 14.8 Å². The number of nitrogens with zero attached hydrogens (tertiary/aromatic N) is 2. The van der Waals surface area contributed by atoms with Crippen LogP contribution in [0, 0.1) is 5.82 Å². The standard InChI is InChI=1S/C20H19ClFN3O3/c1-27-14-5-3-12(20(8-14)28-2)10-23-18-9-17(24-25-19(18)11-26)15-7-13(21)4-6-16(15)22/h3-9,26H,10-11H2,1-2H3,(H,23,24). The average molecular weight is 404 g/mol. The molecule has 2 N–H and O–H groups in total. The van der Waals surface area contributed by atoms with Crippen molar-refractivity contribution < 1.29 is 19.0 Å². The maximum atomic E-state index is 14.2. The lowest BCUT2D eigenvalue weighted by molar-refractivity contribution is 0.276. The molecule has 0 aliphatic heterocycles. The van der Waals surface area contributed by atoms with Crippen molar-refractivity contribution >= 4 is 17.3 Å². The van der Waals surface area contributed by atoms with Crippen molar-refractivity contribution in [3.05, 3.63) is 64.6 Å². The van der Waals surface area contributed by atoms with E-state index in [1.807, 2.05) is 12.1 Å². The summed E-state index contributed by atoms with van der Waals surface area (Å²) in [5.74, 6) is 0.875. The number of nitrogens with one attached hydrogen (secondary N) is 1. The number of benzene rings is 2. The Morgan fingerprint density at radius 3 is 2.61 bits per heavy atom. The zero-order chi connectivity index (χ0) is 20.1. The number of hydrogen-bond donors (Lipinski definition) is 2. The van der Waals surface area contributed by atoms with E-state index in [4.69, 9.17) is 21.1 Å². The van der Waals surface area contributed by atoms with Crippen LogP contribution in [0.2, 0.25) is 5.02 Å². The highest BCUT2D eigenvalue weighted by Gasteiger charge is 2.13. The van der Waals surface area contributed by atoms with Crippen LogP contribution in [-0.4, -0.2) is 29.5 Å². The molecule has 146 valence electrons. The first-order chi connectivity index (χ1) is 13.5. The summed E-state index contributed by atoms with van der Waals surface area (Å²) in [5, 5.41) is 21.2. The van der Waals surface area contributed by atoms with Gasteiger partial charge in [-0.1, -0.05) is 11.6 Å². The SMILES string of the molecule is COc1ccc(CNc2cc(-c3cc(Cl)ccc3F)nnc2CO)c(OC)c1. The van der Waals surface area contributed by atoms with E-state index in [0.717, 1.165) is 5.56 Å². The van der Waals surface area contributed by atoms with Crippen molar-refractivity contribution in [1.29, 1.82) is 0 Å². The number of aliphatic hydroxyl groups is 1. The van der Waals surface area contributed by atoms with Gasteiger partial charge in [-0.05, 0) is 36.4 Å². The molecule has 3 rings (SSSR count). The Bertz CT molecular complexity index is 985. The molecule has 0 atom stereocenters. The molecule has 2 aromatic carbocycles. The van der Waals surface area contributed by atoms with Crippen LogP contribution in [-0.2, 0) is 13.2 Å². The number of aromatic nitrogens is 2. The Balaban J connectivity index is 1.90. The van der Waals surface area contributed by atoms with E-state index >= 15 is 0 Å². The zero-order valence-corrected chi connectivity index (χ0v) is 16.1. The molecule has 0 spiro atoms. The van der Waals surface area contributed by atoms with Crippen LogP contribution in [0.25, 0.3) is 11.3 Å². The number of aliphatic hydroxyl groups excluding tert-OH is 1. The lowest BCUT2D eigenvalue weighted by Gasteiger charge is -2.14. The average Bonchev–Trinajstić information content (AvgIpc) is 2.73. The molecule has 1 aromatic heterocycles. The molecule has 0 aliphatic rings. The van der Waals surface area contributed by atoms with Crippen molar-refractivity contribution in [2.75, 3.05) is 19.5 Å². The molecule has 1 heterocycles. The molecule has 8 heteroatoms. The Morgan fingerprint density at radius 2 is 1.89 bits per heavy atom. The van der Waals surface area contributed by atoms with Gasteiger partial charge in [0.25, 0.3) is 0 Å². The van der Waals surface area contributed by atoms with Gasteiger partial charge in [0.05, 0.1) is 32.2 Å². The number of hydrogen-bond acceptors (Lipinski definition) is 6. The van der Waals surface area contributed by atoms with Gasteiger partial charge in [0.15, 0.2) is 0 Å². The summed E-state index contributed by atoms with van der Waals surface area (Å²) in [5.41, 5.74) is 2.29. The minimum Gasteiger partial charge on any atom is -0.497 e. The van der Waals surface area contributed by atoms with Gasteiger partial charge in [0.2, 0.25) is 0 Å². The molecule has 0 saturated heterocycles. The fourth-order valence-electron chi connectivity index (χ4n) is 2.70. The highest BCUT2D eigenvalue weighted by atomic mass is 35.5. The van der Waals surface area contributed by atoms with E-state index in [-0.39, 0.29) is 12.2 Å². The van der Waals surface area contributed by atoms with E-state index in [1.54, 1.807) is 26.4 Å². The zero-order valence-electron chi connectivity index (χ0n) is 15.4. The van der Waals surface area contributed by atoms with Gasteiger partial charge in [-0.15, -0.1) is 5.10 Å². The fraction of sp³-hybridized carbons (Fsp3) is 0.200. The Kier molecular flexibility index (Phi) is 6.28. The van der Waals surface area contributed by atoms with Crippen LogP contribution >= 0.6 is 11.6 Å². The highest BCUT2D eigenvalue weighted by molar-refractivity contribution is 6.30. The predicted molar refractivity (Wildman–Crippen MR) is 105 cm³/mol. The van der Waals surface area contributed by atoms with Crippen LogP contribution in [0.5, 0.6) is 11.5 Å². The molecule has 0 saturated carbocycles. The third-order valence-corrected chi connectivity index (χ3v) is 4.42. The quantitative estimate of drug-likeness (QED) is 0.619. The van der Waals surface area contributed by atoms with Crippen molar-refractivity contribution in [3.63, 3.8) is 0 Å². The van der Waals surface area contributed by atoms with E-state index in [1.165, 1.54) is 18.2 Å². The largest absolute Gasteiger partial charge is 0.497 e. The van der Waals surface area contributed by atoms with Gasteiger partial charge in [0, 0.05) is 28.8 Å². The number of halogens is 2. The third kappa shape index (κ3) is 4.32. The van der Waals surface area contributed by atoms with Gasteiger partial charge in [-0.3, -0.25) is 0 Å². The molecule has 0 fully saturated rings. The lowest BCUT2D eigenvalue weighted by atomic mass is 10.1. The highest BCUT2D eigenvalue weighted by Crippen LogP contribution is 2.29. The molecule has 6 nitrogen and oxygen atoms in total. The summed E-state index contributed by atoms with van der Waals surface area (Å²) in [6.45, 7) is 0.0801. The molecule has 0 aliphatic carbocycles. The maximum absolute atomic E-state index is 14.2. The molecular weight excluding hydrogens is 385 g/mol. The van der Waals surface area contributed by atoms with E-state index in [2.05, 4.69) is 15.5 Å². The van der Waals surface area contributed by atoms with Crippen molar-refractivity contribution in [2.45, 2.75) is 13.2 Å². The second-order valence-corrected chi connectivity index (χ2v) is 6.34. The summed E-state index contributed by atoms with van der Waals surface area (Å²) in [6.07, 6.45) is 0. The minimum absolute atomic E-state index is 0.231. The number of ether oxygens (including phenoxy) is 2. The summed E-state index contributed by atoms with van der Waals surface area (Å²) < 4.78 is 24.8. The number of anilines is 1. The van der Waals surface area contributed by atoms with Crippen molar-refractivity contribution in [3.8, 4) is 22.8 Å². The van der Waals surface area contributed by atoms with E-state index in [9.17, 15) is 9.50 Å². The molecule has 0 radical (unpaired) electrons. The second kappa shape index (κ2) is 8.86. The number of rotatable bonds is 7. The topological polar surface area (TPSA) is 76.5 Å².